The van der Waals surface area contributed by atoms with E-state index in [9.17, 15) is 4.39 Å². The van der Waals surface area contributed by atoms with Crippen molar-refractivity contribution in [3.8, 4) is 11.3 Å². The second kappa shape index (κ2) is 3.50. The van der Waals surface area contributed by atoms with E-state index in [0.717, 1.165) is 5.56 Å². The highest BCUT2D eigenvalue weighted by Gasteiger charge is 2.08. The van der Waals surface area contributed by atoms with Crippen LogP contribution in [0.1, 0.15) is 5.76 Å². The van der Waals surface area contributed by atoms with Crippen molar-refractivity contribution in [2.45, 2.75) is 0 Å². The van der Waals surface area contributed by atoms with Gasteiger partial charge in [-0.1, -0.05) is 36.9 Å². The van der Waals surface area contributed by atoms with Crippen molar-refractivity contribution in [3.05, 3.63) is 54.6 Å². The molecule has 0 radical (unpaired) electrons. The molecule has 0 unspecified atom stereocenters. The van der Waals surface area contributed by atoms with Crippen LogP contribution in [0.5, 0.6) is 0 Å². The number of hydrogen-bond acceptors (Lipinski definition) is 1. The van der Waals surface area contributed by atoms with Crippen molar-refractivity contribution in [1.29, 1.82) is 0 Å². The van der Waals surface area contributed by atoms with E-state index in [4.69, 9.17) is 4.42 Å². The molecule has 1 nitrogen and oxygen atoms in total. The summed E-state index contributed by atoms with van der Waals surface area (Å²) in [4.78, 5) is 0. The van der Waals surface area contributed by atoms with Crippen molar-refractivity contribution >= 4 is 6.08 Å². The minimum atomic E-state index is -0.376. The molecule has 0 amide bonds. The van der Waals surface area contributed by atoms with Gasteiger partial charge >= 0.3 is 0 Å². The standard InChI is InChI=1S/C12H9FO/c1-2-11-10(13)8-12(14-11)9-6-4-3-5-7-9/h2-8H,1H2. The van der Waals surface area contributed by atoms with E-state index >= 15 is 0 Å². The van der Waals surface area contributed by atoms with Gasteiger partial charge in [0.25, 0.3) is 0 Å². The molecular weight excluding hydrogens is 179 g/mol. The minimum absolute atomic E-state index is 0.184. The zero-order valence-electron chi connectivity index (χ0n) is 7.53. The lowest BCUT2D eigenvalue weighted by Gasteiger charge is -1.93. The average molecular weight is 188 g/mol. The first-order chi connectivity index (χ1) is 6.81. The third-order valence-electron chi connectivity index (χ3n) is 1.96. The van der Waals surface area contributed by atoms with Gasteiger partial charge in [0.2, 0.25) is 0 Å². The van der Waals surface area contributed by atoms with Crippen LogP contribution in [0.25, 0.3) is 17.4 Å². The lowest BCUT2D eigenvalue weighted by molar-refractivity contribution is 0.530. The first-order valence-corrected chi connectivity index (χ1v) is 4.28. The van der Waals surface area contributed by atoms with Crippen LogP contribution in [-0.2, 0) is 0 Å². The molecule has 0 fully saturated rings. The molecule has 0 bridgehead atoms. The number of rotatable bonds is 2. The Labute approximate surface area is 81.5 Å². The summed E-state index contributed by atoms with van der Waals surface area (Å²) in [7, 11) is 0. The number of halogens is 1. The summed E-state index contributed by atoms with van der Waals surface area (Å²) in [6.07, 6.45) is 1.36. The van der Waals surface area contributed by atoms with Crippen LogP contribution >= 0.6 is 0 Å². The molecule has 0 aliphatic heterocycles. The molecule has 2 heteroatoms. The maximum Gasteiger partial charge on any atom is 0.169 e. The molecule has 2 aromatic rings. The van der Waals surface area contributed by atoms with Gasteiger partial charge in [0.05, 0.1) is 0 Å². The molecule has 2 rings (SSSR count). The van der Waals surface area contributed by atoms with Gasteiger partial charge in [0, 0.05) is 11.6 Å². The van der Waals surface area contributed by atoms with Crippen LogP contribution < -0.4 is 0 Å². The molecule has 0 N–H and O–H groups in total. The fourth-order valence-corrected chi connectivity index (χ4v) is 1.27. The van der Waals surface area contributed by atoms with E-state index in [0.29, 0.717) is 5.76 Å². The summed E-state index contributed by atoms with van der Waals surface area (Å²) >= 11 is 0. The van der Waals surface area contributed by atoms with Crippen LogP contribution in [0.3, 0.4) is 0 Å². The van der Waals surface area contributed by atoms with Crippen molar-refractivity contribution in [2.24, 2.45) is 0 Å². The molecule has 14 heavy (non-hydrogen) atoms. The Hall–Kier alpha value is -1.83. The van der Waals surface area contributed by atoms with Crippen LogP contribution in [0.15, 0.2) is 47.4 Å². The lowest BCUT2D eigenvalue weighted by atomic mass is 10.2. The molecule has 0 atom stereocenters. The lowest BCUT2D eigenvalue weighted by Crippen LogP contribution is -1.69. The Balaban J connectivity index is 2.48. The van der Waals surface area contributed by atoms with E-state index in [-0.39, 0.29) is 11.6 Å². The van der Waals surface area contributed by atoms with E-state index in [2.05, 4.69) is 6.58 Å². The number of benzene rings is 1. The monoisotopic (exact) mass is 188 g/mol. The Kier molecular flexibility index (Phi) is 2.19. The third-order valence-corrected chi connectivity index (χ3v) is 1.96. The van der Waals surface area contributed by atoms with E-state index < -0.39 is 0 Å². The highest BCUT2D eigenvalue weighted by Crippen LogP contribution is 2.24. The zero-order valence-corrected chi connectivity index (χ0v) is 7.53. The van der Waals surface area contributed by atoms with Crippen molar-refractivity contribution < 1.29 is 8.81 Å². The normalized spacial score (nSPS) is 10.1. The SMILES string of the molecule is C=Cc1oc(-c2ccccc2)cc1F. The quantitative estimate of drug-likeness (QED) is 0.699. The molecule has 0 saturated carbocycles. The van der Waals surface area contributed by atoms with Gasteiger partial charge in [-0.25, -0.2) is 4.39 Å². The maximum absolute atomic E-state index is 13.1. The summed E-state index contributed by atoms with van der Waals surface area (Å²) in [6.45, 7) is 3.47. The molecule has 0 aliphatic carbocycles. The van der Waals surface area contributed by atoms with Gasteiger partial charge in [0.15, 0.2) is 11.6 Å². The predicted octanol–water partition coefficient (Wildman–Crippen LogP) is 3.73. The fraction of sp³-hybridized carbons (Fsp3) is 0. The summed E-state index contributed by atoms with van der Waals surface area (Å²) in [5.41, 5.74) is 0.861. The topological polar surface area (TPSA) is 13.1 Å². The summed E-state index contributed by atoms with van der Waals surface area (Å²) in [6, 6.07) is 10.8. The number of hydrogen-bond donors (Lipinski definition) is 0. The highest BCUT2D eigenvalue weighted by molar-refractivity contribution is 5.59. The van der Waals surface area contributed by atoms with Crippen LogP contribution in [-0.4, -0.2) is 0 Å². The van der Waals surface area contributed by atoms with Gasteiger partial charge in [-0.2, -0.15) is 0 Å². The molecule has 1 heterocycles. The van der Waals surface area contributed by atoms with Crippen molar-refractivity contribution in [1.82, 2.24) is 0 Å². The molecular formula is C12H9FO. The summed E-state index contributed by atoms with van der Waals surface area (Å²) in [5, 5.41) is 0. The van der Waals surface area contributed by atoms with Crippen LogP contribution in [0.4, 0.5) is 4.39 Å². The van der Waals surface area contributed by atoms with Crippen molar-refractivity contribution in [2.75, 3.05) is 0 Å². The van der Waals surface area contributed by atoms with Gasteiger partial charge in [0.1, 0.15) is 5.76 Å². The van der Waals surface area contributed by atoms with Crippen LogP contribution in [0, 0.1) is 5.82 Å². The maximum atomic E-state index is 13.1. The van der Waals surface area contributed by atoms with E-state index in [1.165, 1.54) is 12.1 Å². The van der Waals surface area contributed by atoms with E-state index in [1.807, 2.05) is 30.3 Å². The molecule has 1 aromatic heterocycles. The third kappa shape index (κ3) is 1.46. The van der Waals surface area contributed by atoms with E-state index in [1.54, 1.807) is 0 Å². The first kappa shape index (κ1) is 8.75. The smallest absolute Gasteiger partial charge is 0.169 e. The summed E-state index contributed by atoms with van der Waals surface area (Å²) < 4.78 is 18.4. The van der Waals surface area contributed by atoms with Gasteiger partial charge in [-0.3, -0.25) is 0 Å². The second-order valence-corrected chi connectivity index (χ2v) is 2.89. The molecule has 0 spiro atoms. The zero-order chi connectivity index (χ0) is 9.97. The second-order valence-electron chi connectivity index (χ2n) is 2.89. The summed E-state index contributed by atoms with van der Waals surface area (Å²) in [5.74, 6) is 0.334. The van der Waals surface area contributed by atoms with Gasteiger partial charge in [-0.15, -0.1) is 0 Å². The molecule has 0 saturated heterocycles. The number of furan rings is 1. The Morgan fingerprint density at radius 1 is 1.21 bits per heavy atom. The predicted molar refractivity (Wildman–Crippen MR) is 54.2 cm³/mol. The molecule has 1 aromatic carbocycles. The largest absolute Gasteiger partial charge is 0.454 e. The highest BCUT2D eigenvalue weighted by atomic mass is 19.1. The first-order valence-electron chi connectivity index (χ1n) is 4.28. The van der Waals surface area contributed by atoms with Crippen molar-refractivity contribution in [3.63, 3.8) is 0 Å². The Morgan fingerprint density at radius 2 is 1.93 bits per heavy atom. The van der Waals surface area contributed by atoms with Gasteiger partial charge < -0.3 is 4.42 Å². The Morgan fingerprint density at radius 3 is 2.50 bits per heavy atom. The van der Waals surface area contributed by atoms with Gasteiger partial charge in [-0.05, 0) is 6.08 Å². The Bertz CT molecular complexity index is 443. The molecule has 0 aliphatic rings. The fourth-order valence-electron chi connectivity index (χ4n) is 1.27. The molecule has 70 valence electrons. The van der Waals surface area contributed by atoms with Crippen LogP contribution in [0.2, 0.25) is 0 Å². The minimum Gasteiger partial charge on any atom is -0.454 e. The average Bonchev–Trinajstić information content (AvgIpc) is 2.61.